The first kappa shape index (κ1) is 18.1. The molecule has 1 aromatic rings. The predicted molar refractivity (Wildman–Crippen MR) is 82.3 cm³/mol. The predicted octanol–water partition coefficient (Wildman–Crippen LogP) is 2.78. The zero-order chi connectivity index (χ0) is 14.2. The van der Waals surface area contributed by atoms with Crippen molar-refractivity contribution in [2.45, 2.75) is 23.8 Å². The van der Waals surface area contributed by atoms with Crippen molar-refractivity contribution in [3.63, 3.8) is 0 Å². The number of nitrogens with two attached hydrogens (primary N) is 1. The molecule has 9 heteroatoms. The van der Waals surface area contributed by atoms with E-state index in [1.54, 1.807) is 0 Å². The summed E-state index contributed by atoms with van der Waals surface area (Å²) < 4.78 is 39.6. The first-order valence-electron chi connectivity index (χ1n) is 5.72. The minimum Gasteiger partial charge on any atom is -0.327 e. The molecule has 114 valence electrons. The molecule has 1 atom stereocenters. The van der Waals surface area contributed by atoms with Crippen molar-refractivity contribution in [2.24, 2.45) is 5.73 Å². The van der Waals surface area contributed by atoms with Gasteiger partial charge in [0.2, 0.25) is 10.0 Å². The lowest BCUT2D eigenvalue weighted by molar-refractivity contribution is 0.316. The number of rotatable bonds is 2. The summed E-state index contributed by atoms with van der Waals surface area (Å²) in [4.78, 5) is -0.107. The molecule has 1 aliphatic rings. The minimum atomic E-state index is -3.77. The number of hydrogen-bond donors (Lipinski definition) is 1. The third kappa shape index (κ3) is 3.64. The van der Waals surface area contributed by atoms with Crippen LogP contribution in [0.25, 0.3) is 0 Å². The van der Waals surface area contributed by atoms with Crippen LogP contribution in [-0.2, 0) is 10.0 Å². The van der Waals surface area contributed by atoms with Crippen LogP contribution in [0.3, 0.4) is 0 Å². The van der Waals surface area contributed by atoms with Crippen molar-refractivity contribution in [3.8, 4) is 0 Å². The smallest absolute Gasteiger partial charge is 0.245 e. The number of halogens is 4. The molecule has 0 saturated carbocycles. The molecule has 0 spiro atoms. The molecule has 1 aliphatic heterocycles. The Morgan fingerprint density at radius 2 is 2.10 bits per heavy atom. The second-order valence-electron chi connectivity index (χ2n) is 4.46. The van der Waals surface area contributed by atoms with Crippen LogP contribution in [0.2, 0.25) is 5.02 Å². The maximum Gasteiger partial charge on any atom is 0.245 e. The van der Waals surface area contributed by atoms with Gasteiger partial charge >= 0.3 is 0 Å². The van der Waals surface area contributed by atoms with Gasteiger partial charge in [-0.3, -0.25) is 0 Å². The standard InChI is InChI=1S/C11H13BrClFN2O2S.ClH/c12-9-4-7(14)5-10(13)11(9)19(17,18)16-3-1-2-8(15)6-16;/h4-5,8H,1-3,6,15H2;1H. The molecule has 2 rings (SSSR count). The maximum atomic E-state index is 13.2. The van der Waals surface area contributed by atoms with Crippen LogP contribution < -0.4 is 5.73 Å². The molecular formula is C11H14BrCl2FN2O2S. The average Bonchev–Trinajstić information content (AvgIpc) is 2.26. The Labute approximate surface area is 137 Å². The lowest BCUT2D eigenvalue weighted by atomic mass is 10.1. The van der Waals surface area contributed by atoms with Crippen molar-refractivity contribution in [3.05, 3.63) is 27.4 Å². The van der Waals surface area contributed by atoms with Crippen molar-refractivity contribution in [1.82, 2.24) is 4.31 Å². The highest BCUT2D eigenvalue weighted by atomic mass is 79.9. The topological polar surface area (TPSA) is 63.4 Å². The maximum absolute atomic E-state index is 13.2. The summed E-state index contributed by atoms with van der Waals surface area (Å²) in [6.45, 7) is 0.651. The van der Waals surface area contributed by atoms with E-state index < -0.39 is 15.8 Å². The van der Waals surface area contributed by atoms with Gasteiger partial charge in [0.25, 0.3) is 0 Å². The SMILES string of the molecule is Cl.NC1CCCN(S(=O)(=O)c2c(Cl)cc(F)cc2Br)C1. The van der Waals surface area contributed by atoms with Gasteiger partial charge in [-0.2, -0.15) is 4.31 Å². The minimum absolute atomic E-state index is 0. The highest BCUT2D eigenvalue weighted by Gasteiger charge is 2.32. The molecule has 1 saturated heterocycles. The van der Waals surface area contributed by atoms with Gasteiger partial charge in [0.15, 0.2) is 0 Å². The molecule has 0 aromatic heterocycles. The summed E-state index contributed by atoms with van der Waals surface area (Å²) in [5.41, 5.74) is 5.79. The first-order chi connectivity index (χ1) is 8.82. The fraction of sp³-hybridized carbons (Fsp3) is 0.455. The lowest BCUT2D eigenvalue weighted by Gasteiger charge is -2.30. The third-order valence-electron chi connectivity index (χ3n) is 2.98. The Bertz CT molecular complexity index is 577. The quantitative estimate of drug-likeness (QED) is 0.819. The van der Waals surface area contributed by atoms with Crippen molar-refractivity contribution >= 4 is 50.0 Å². The van der Waals surface area contributed by atoms with Crippen LogP contribution in [0.5, 0.6) is 0 Å². The van der Waals surface area contributed by atoms with Crippen LogP contribution >= 0.6 is 39.9 Å². The zero-order valence-corrected chi connectivity index (χ0v) is 14.3. The van der Waals surface area contributed by atoms with Gasteiger partial charge in [0, 0.05) is 23.6 Å². The van der Waals surface area contributed by atoms with Crippen molar-refractivity contribution in [2.75, 3.05) is 13.1 Å². The van der Waals surface area contributed by atoms with Crippen LogP contribution in [0, 0.1) is 5.82 Å². The normalized spacial score (nSPS) is 20.5. The summed E-state index contributed by atoms with van der Waals surface area (Å²) in [5, 5.41) is -0.133. The average molecular weight is 408 g/mol. The van der Waals surface area contributed by atoms with Gasteiger partial charge < -0.3 is 5.73 Å². The molecule has 0 amide bonds. The second-order valence-corrected chi connectivity index (χ2v) is 7.60. The lowest BCUT2D eigenvalue weighted by Crippen LogP contribution is -2.45. The highest BCUT2D eigenvalue weighted by Crippen LogP contribution is 2.33. The summed E-state index contributed by atoms with van der Waals surface area (Å²) in [7, 11) is -3.77. The van der Waals surface area contributed by atoms with Crippen LogP contribution in [0.4, 0.5) is 4.39 Å². The number of nitrogens with zero attached hydrogens (tertiary/aromatic N) is 1. The van der Waals surface area contributed by atoms with Gasteiger partial charge in [0.1, 0.15) is 10.7 Å². The summed E-state index contributed by atoms with van der Waals surface area (Å²) >= 11 is 8.92. The Kier molecular flexibility index (Phi) is 6.25. The third-order valence-corrected chi connectivity index (χ3v) is 6.25. The number of hydrogen-bond acceptors (Lipinski definition) is 3. The number of sulfonamides is 1. The van der Waals surface area contributed by atoms with Gasteiger partial charge in [-0.15, -0.1) is 12.4 Å². The van der Waals surface area contributed by atoms with E-state index in [2.05, 4.69) is 15.9 Å². The first-order valence-corrected chi connectivity index (χ1v) is 8.33. The van der Waals surface area contributed by atoms with E-state index in [1.807, 2.05) is 0 Å². The Morgan fingerprint density at radius 3 is 2.65 bits per heavy atom. The highest BCUT2D eigenvalue weighted by molar-refractivity contribution is 9.10. The number of benzene rings is 1. The van der Waals surface area contributed by atoms with Gasteiger partial charge in [-0.05, 0) is 40.9 Å². The molecule has 1 unspecified atom stereocenters. The molecule has 0 bridgehead atoms. The number of piperidine rings is 1. The molecule has 0 radical (unpaired) electrons. The van der Waals surface area contributed by atoms with Gasteiger partial charge in [0.05, 0.1) is 5.02 Å². The molecule has 4 nitrogen and oxygen atoms in total. The van der Waals surface area contributed by atoms with E-state index in [9.17, 15) is 12.8 Å². The van der Waals surface area contributed by atoms with Crippen LogP contribution in [0.1, 0.15) is 12.8 Å². The Morgan fingerprint density at radius 1 is 1.45 bits per heavy atom. The van der Waals surface area contributed by atoms with Crippen molar-refractivity contribution < 1.29 is 12.8 Å². The second kappa shape index (κ2) is 6.89. The molecule has 2 N–H and O–H groups in total. The summed E-state index contributed by atoms with van der Waals surface area (Å²) in [6.07, 6.45) is 1.50. The molecule has 20 heavy (non-hydrogen) atoms. The fourth-order valence-corrected chi connectivity index (χ4v) is 5.38. The van der Waals surface area contributed by atoms with Crippen molar-refractivity contribution in [1.29, 1.82) is 0 Å². The molecule has 0 aliphatic carbocycles. The van der Waals surface area contributed by atoms with E-state index in [-0.39, 0.29) is 39.4 Å². The Hall–Kier alpha value is 0.0800. The monoisotopic (exact) mass is 406 g/mol. The summed E-state index contributed by atoms with van der Waals surface area (Å²) in [5.74, 6) is -0.592. The summed E-state index contributed by atoms with van der Waals surface area (Å²) in [6, 6.07) is 1.90. The zero-order valence-electron chi connectivity index (χ0n) is 10.4. The van der Waals surface area contributed by atoms with E-state index in [0.717, 1.165) is 18.6 Å². The van der Waals surface area contributed by atoms with E-state index in [4.69, 9.17) is 17.3 Å². The van der Waals surface area contributed by atoms with E-state index in [0.29, 0.717) is 13.0 Å². The largest absolute Gasteiger partial charge is 0.327 e. The van der Waals surface area contributed by atoms with E-state index in [1.165, 1.54) is 4.31 Å². The Balaban J connectivity index is 0.00000200. The molecule has 1 fully saturated rings. The molecule has 1 heterocycles. The van der Waals surface area contributed by atoms with Gasteiger partial charge in [-0.1, -0.05) is 11.6 Å². The van der Waals surface area contributed by atoms with Crippen LogP contribution in [-0.4, -0.2) is 31.9 Å². The molecule has 1 aromatic carbocycles. The molecular weight excluding hydrogens is 394 g/mol. The van der Waals surface area contributed by atoms with E-state index >= 15 is 0 Å². The fourth-order valence-electron chi connectivity index (χ4n) is 2.10. The van der Waals surface area contributed by atoms with Gasteiger partial charge in [-0.25, -0.2) is 12.8 Å². The van der Waals surface area contributed by atoms with Crippen LogP contribution in [0.15, 0.2) is 21.5 Å².